The van der Waals surface area contributed by atoms with E-state index in [0.717, 1.165) is 47.5 Å². The van der Waals surface area contributed by atoms with Crippen molar-refractivity contribution in [2.24, 2.45) is 5.92 Å². The summed E-state index contributed by atoms with van der Waals surface area (Å²) in [5.74, 6) is 0.230. The zero-order chi connectivity index (χ0) is 21.3. The van der Waals surface area contributed by atoms with E-state index in [2.05, 4.69) is 0 Å². The smallest absolute Gasteiger partial charge is 0.228 e. The van der Waals surface area contributed by atoms with Crippen molar-refractivity contribution in [3.8, 4) is 10.6 Å². The maximum absolute atomic E-state index is 13.3. The highest BCUT2D eigenvalue weighted by Gasteiger charge is 2.50. The Balaban J connectivity index is 1.34. The molecule has 1 aliphatic heterocycles. The first-order valence-corrected chi connectivity index (χ1v) is 12.1. The number of thiazole rings is 1. The number of nitrogens with zero attached hydrogens (tertiary/aromatic N) is 2. The summed E-state index contributed by atoms with van der Waals surface area (Å²) in [6.07, 6.45) is 5.09. The van der Waals surface area contributed by atoms with Gasteiger partial charge < -0.3 is 10.0 Å². The first-order chi connectivity index (χ1) is 15.1. The highest BCUT2D eigenvalue weighted by Crippen LogP contribution is 2.47. The van der Waals surface area contributed by atoms with Crippen molar-refractivity contribution in [3.05, 3.63) is 77.3 Å². The topological polar surface area (TPSA) is 53.4 Å². The van der Waals surface area contributed by atoms with Gasteiger partial charge in [-0.1, -0.05) is 73.5 Å². The second kappa shape index (κ2) is 8.56. The lowest BCUT2D eigenvalue weighted by molar-refractivity contribution is -0.154. The largest absolute Gasteiger partial charge is 0.385 e. The standard InChI is InChI=1S/C26H28N2O2S/c29-24(17-21-18-31-25(27-21)19-9-3-1-4-10-19)28-16-15-26(30,20-11-5-2-6-12-20)22-13-7-8-14-23(22)28/h1-6,9-12,18,22-23,30H,7-8,13-17H2/t22-,23+,26?/m0/s1. The minimum atomic E-state index is -0.843. The Morgan fingerprint density at radius 3 is 2.55 bits per heavy atom. The van der Waals surface area contributed by atoms with E-state index in [4.69, 9.17) is 4.98 Å². The molecular weight excluding hydrogens is 404 g/mol. The van der Waals surface area contributed by atoms with Crippen molar-refractivity contribution >= 4 is 17.2 Å². The van der Waals surface area contributed by atoms with E-state index >= 15 is 0 Å². The van der Waals surface area contributed by atoms with E-state index in [1.165, 1.54) is 0 Å². The fourth-order valence-electron chi connectivity index (χ4n) is 5.44. The number of fused-ring (bicyclic) bond motifs is 1. The van der Waals surface area contributed by atoms with E-state index in [9.17, 15) is 9.90 Å². The molecule has 5 rings (SSSR count). The summed E-state index contributed by atoms with van der Waals surface area (Å²) < 4.78 is 0. The van der Waals surface area contributed by atoms with Gasteiger partial charge in [-0.05, 0) is 24.8 Å². The molecule has 1 N–H and O–H groups in total. The van der Waals surface area contributed by atoms with Gasteiger partial charge in [-0.15, -0.1) is 11.3 Å². The minimum Gasteiger partial charge on any atom is -0.385 e. The summed E-state index contributed by atoms with van der Waals surface area (Å²) in [5, 5.41) is 14.7. The molecule has 0 radical (unpaired) electrons. The highest BCUT2D eigenvalue weighted by atomic mass is 32.1. The molecule has 3 atom stereocenters. The first-order valence-electron chi connectivity index (χ1n) is 11.2. The minimum absolute atomic E-state index is 0.0941. The molecule has 2 fully saturated rings. The number of carbonyl (C=O) groups excluding carboxylic acids is 1. The number of likely N-dealkylation sites (tertiary alicyclic amines) is 1. The number of hydrogen-bond donors (Lipinski definition) is 1. The molecule has 2 aliphatic rings. The number of amides is 1. The summed E-state index contributed by atoms with van der Waals surface area (Å²) in [6, 6.07) is 20.2. The second-order valence-electron chi connectivity index (χ2n) is 8.77. The SMILES string of the molecule is O=C(Cc1csc(-c2ccccc2)n1)N1CCC(O)(c2ccccc2)[C@H]2CCCC[C@H]21. The van der Waals surface area contributed by atoms with Crippen LogP contribution in [0.15, 0.2) is 66.0 Å². The van der Waals surface area contributed by atoms with E-state index in [0.29, 0.717) is 19.4 Å². The van der Waals surface area contributed by atoms with Crippen LogP contribution in [0.1, 0.15) is 43.4 Å². The summed E-state index contributed by atoms with van der Waals surface area (Å²) in [7, 11) is 0. The van der Waals surface area contributed by atoms with Crippen molar-refractivity contribution in [2.75, 3.05) is 6.54 Å². The maximum atomic E-state index is 13.3. The molecule has 2 aromatic carbocycles. The number of aliphatic hydroxyl groups is 1. The highest BCUT2D eigenvalue weighted by molar-refractivity contribution is 7.13. The van der Waals surface area contributed by atoms with Crippen LogP contribution in [-0.2, 0) is 16.8 Å². The number of carbonyl (C=O) groups is 1. The lowest BCUT2D eigenvalue weighted by atomic mass is 9.66. The van der Waals surface area contributed by atoms with Gasteiger partial charge in [0.05, 0.1) is 17.7 Å². The van der Waals surface area contributed by atoms with E-state index in [-0.39, 0.29) is 17.9 Å². The summed E-state index contributed by atoms with van der Waals surface area (Å²) in [4.78, 5) is 20.1. The first kappa shape index (κ1) is 20.4. The Bertz CT molecular complexity index is 1040. The number of rotatable bonds is 4. The molecule has 1 saturated carbocycles. The predicted molar refractivity (Wildman–Crippen MR) is 124 cm³/mol. The van der Waals surface area contributed by atoms with Crippen LogP contribution in [-0.4, -0.2) is 33.5 Å². The molecule has 1 unspecified atom stereocenters. The van der Waals surface area contributed by atoms with Crippen molar-refractivity contribution in [1.82, 2.24) is 9.88 Å². The molecule has 1 saturated heterocycles. The van der Waals surface area contributed by atoms with Crippen molar-refractivity contribution in [1.29, 1.82) is 0 Å². The monoisotopic (exact) mass is 432 g/mol. The number of hydrogen-bond acceptors (Lipinski definition) is 4. The van der Waals surface area contributed by atoms with Crippen LogP contribution in [0.5, 0.6) is 0 Å². The Morgan fingerprint density at radius 1 is 1.06 bits per heavy atom. The summed E-state index contributed by atoms with van der Waals surface area (Å²) >= 11 is 1.59. The van der Waals surface area contributed by atoms with Crippen LogP contribution in [0.4, 0.5) is 0 Å². The third-order valence-electron chi connectivity index (χ3n) is 6.98. The van der Waals surface area contributed by atoms with Gasteiger partial charge in [0.25, 0.3) is 0 Å². The third kappa shape index (κ3) is 3.92. The van der Waals surface area contributed by atoms with E-state index in [1.54, 1.807) is 11.3 Å². The van der Waals surface area contributed by atoms with Gasteiger partial charge in [0.15, 0.2) is 0 Å². The Morgan fingerprint density at radius 2 is 1.77 bits per heavy atom. The molecular formula is C26H28N2O2S. The van der Waals surface area contributed by atoms with Gasteiger partial charge in [-0.25, -0.2) is 4.98 Å². The van der Waals surface area contributed by atoms with Crippen LogP contribution < -0.4 is 0 Å². The van der Waals surface area contributed by atoms with Crippen LogP contribution >= 0.6 is 11.3 Å². The quantitative estimate of drug-likeness (QED) is 0.629. The zero-order valence-electron chi connectivity index (χ0n) is 17.6. The van der Waals surface area contributed by atoms with Crippen LogP contribution in [0.3, 0.4) is 0 Å². The number of benzene rings is 2. The fraction of sp³-hybridized carbons (Fsp3) is 0.385. The number of piperidine rings is 1. The molecule has 0 spiro atoms. The Kier molecular flexibility index (Phi) is 5.63. The average molecular weight is 433 g/mol. The van der Waals surface area contributed by atoms with Crippen molar-refractivity contribution in [2.45, 2.75) is 50.2 Å². The number of aromatic nitrogens is 1. The Hall–Kier alpha value is -2.50. The van der Waals surface area contributed by atoms with Crippen molar-refractivity contribution < 1.29 is 9.90 Å². The normalized spacial score (nSPS) is 25.8. The lowest BCUT2D eigenvalue weighted by Crippen LogP contribution is -2.59. The van der Waals surface area contributed by atoms with Gasteiger partial charge in [0.2, 0.25) is 5.91 Å². The second-order valence-corrected chi connectivity index (χ2v) is 9.63. The van der Waals surface area contributed by atoms with Gasteiger partial charge in [-0.2, -0.15) is 0 Å². The van der Waals surface area contributed by atoms with E-state index < -0.39 is 5.60 Å². The van der Waals surface area contributed by atoms with Crippen LogP contribution in [0.25, 0.3) is 10.6 Å². The molecule has 5 heteroatoms. The van der Waals surface area contributed by atoms with Gasteiger partial charge in [-0.3, -0.25) is 4.79 Å². The molecule has 3 aromatic rings. The molecule has 4 nitrogen and oxygen atoms in total. The zero-order valence-corrected chi connectivity index (χ0v) is 18.4. The molecule has 31 heavy (non-hydrogen) atoms. The predicted octanol–water partition coefficient (Wildman–Crippen LogP) is 5.03. The average Bonchev–Trinajstić information content (AvgIpc) is 3.29. The maximum Gasteiger partial charge on any atom is 0.228 e. The van der Waals surface area contributed by atoms with Gasteiger partial charge in [0.1, 0.15) is 5.01 Å². The fourth-order valence-corrected chi connectivity index (χ4v) is 6.26. The molecule has 1 amide bonds. The van der Waals surface area contributed by atoms with Gasteiger partial charge >= 0.3 is 0 Å². The molecule has 1 aliphatic carbocycles. The van der Waals surface area contributed by atoms with Crippen molar-refractivity contribution in [3.63, 3.8) is 0 Å². The van der Waals surface area contributed by atoms with Gasteiger partial charge in [0, 0.05) is 29.4 Å². The summed E-state index contributed by atoms with van der Waals surface area (Å²) in [5.41, 5.74) is 2.07. The molecule has 0 bridgehead atoms. The van der Waals surface area contributed by atoms with Crippen LogP contribution in [0, 0.1) is 5.92 Å². The molecule has 1 aromatic heterocycles. The molecule has 2 heterocycles. The molecule has 160 valence electrons. The summed E-state index contributed by atoms with van der Waals surface area (Å²) in [6.45, 7) is 0.598. The Labute approximate surface area is 187 Å². The lowest BCUT2D eigenvalue weighted by Gasteiger charge is -2.52. The third-order valence-corrected chi connectivity index (χ3v) is 7.92. The van der Waals surface area contributed by atoms with Crippen LogP contribution in [0.2, 0.25) is 0 Å². The van der Waals surface area contributed by atoms with E-state index in [1.807, 2.05) is 70.9 Å².